The molecule has 2 aliphatic carbocycles. The van der Waals surface area contributed by atoms with Crippen molar-refractivity contribution in [1.29, 1.82) is 0 Å². The van der Waals surface area contributed by atoms with Gasteiger partial charge in [0.2, 0.25) is 5.91 Å². The molecule has 1 aliphatic heterocycles. The smallest absolute Gasteiger partial charge is 0.317 e. The van der Waals surface area contributed by atoms with Crippen LogP contribution in [0.1, 0.15) is 45.4 Å². The van der Waals surface area contributed by atoms with Crippen molar-refractivity contribution in [3.8, 4) is 0 Å². The molecule has 2 N–H and O–H groups in total. The lowest BCUT2D eigenvalue weighted by atomic mass is 10.2. The molecule has 2 fully saturated rings. The van der Waals surface area contributed by atoms with Gasteiger partial charge in [0.1, 0.15) is 0 Å². The highest BCUT2D eigenvalue weighted by Gasteiger charge is 2.30. The van der Waals surface area contributed by atoms with Crippen LogP contribution in [-0.2, 0) is 4.79 Å². The molecule has 1 saturated carbocycles. The number of nitrogens with zero attached hydrogens (tertiary/aromatic N) is 2. The van der Waals surface area contributed by atoms with Crippen LogP contribution < -0.4 is 10.6 Å². The molecule has 0 aromatic carbocycles. The number of rotatable bonds is 6. The van der Waals surface area contributed by atoms with Gasteiger partial charge in [-0.3, -0.25) is 9.69 Å². The number of carbonyl (C=O) groups excluding carboxylic acids is 2. The fraction of sp³-hybridized carbons (Fsp3) is 0.778. The Kier molecular flexibility index (Phi) is 5.76. The molecule has 3 rings (SSSR count). The fourth-order valence-corrected chi connectivity index (χ4v) is 3.43. The maximum Gasteiger partial charge on any atom is 0.317 e. The number of amides is 3. The maximum atomic E-state index is 12.2. The predicted molar refractivity (Wildman–Crippen MR) is 93.7 cm³/mol. The molecule has 3 aliphatic rings. The zero-order valence-corrected chi connectivity index (χ0v) is 14.7. The molecule has 6 heteroatoms. The van der Waals surface area contributed by atoms with Crippen LogP contribution in [0.15, 0.2) is 11.6 Å². The van der Waals surface area contributed by atoms with Crippen LogP contribution in [0.2, 0.25) is 0 Å². The van der Waals surface area contributed by atoms with Crippen molar-refractivity contribution in [2.75, 3.05) is 32.7 Å². The summed E-state index contributed by atoms with van der Waals surface area (Å²) in [4.78, 5) is 28.4. The molecule has 1 unspecified atom stereocenters. The minimum absolute atomic E-state index is 0.0309. The Labute approximate surface area is 144 Å². The van der Waals surface area contributed by atoms with E-state index >= 15 is 0 Å². The first-order valence-corrected chi connectivity index (χ1v) is 9.38. The van der Waals surface area contributed by atoms with Gasteiger partial charge >= 0.3 is 6.03 Å². The highest BCUT2D eigenvalue weighted by Crippen LogP contribution is 2.20. The average Bonchev–Trinajstić information content (AvgIpc) is 3.26. The maximum absolute atomic E-state index is 12.2. The fourth-order valence-electron chi connectivity index (χ4n) is 3.43. The zero-order valence-electron chi connectivity index (χ0n) is 14.7. The molecule has 6 nitrogen and oxygen atoms in total. The van der Waals surface area contributed by atoms with E-state index in [0.717, 1.165) is 38.9 Å². The summed E-state index contributed by atoms with van der Waals surface area (Å²) in [7, 11) is 0. The molecule has 1 atom stereocenters. The molecule has 0 spiro atoms. The number of piperazine rings is 1. The van der Waals surface area contributed by atoms with Gasteiger partial charge in [0.15, 0.2) is 0 Å². The third-order valence-electron chi connectivity index (χ3n) is 5.31. The second-order valence-electron chi connectivity index (χ2n) is 7.22. The molecular weight excluding hydrogens is 304 g/mol. The van der Waals surface area contributed by atoms with Crippen LogP contribution in [0.4, 0.5) is 4.79 Å². The summed E-state index contributed by atoms with van der Waals surface area (Å²) in [6.45, 7) is 5.59. The lowest BCUT2D eigenvalue weighted by Crippen LogP contribution is -2.56. The number of urea groups is 1. The molecular formula is C18H30N4O2. The largest absolute Gasteiger partial charge is 0.352 e. The summed E-state index contributed by atoms with van der Waals surface area (Å²) < 4.78 is 0. The molecule has 134 valence electrons. The number of allylic oxidation sites excluding steroid dienone is 1. The topological polar surface area (TPSA) is 64.7 Å². The third kappa shape index (κ3) is 4.72. The van der Waals surface area contributed by atoms with E-state index in [1.165, 1.54) is 24.8 Å². The van der Waals surface area contributed by atoms with Crippen molar-refractivity contribution < 1.29 is 9.59 Å². The molecule has 3 amide bonds. The summed E-state index contributed by atoms with van der Waals surface area (Å²) in [5.41, 5.74) is 1.48. The first-order valence-electron chi connectivity index (χ1n) is 9.38. The Balaban J connectivity index is 1.34. The standard InChI is InChI=1S/C18H30N4O2/c1-14(17(23)20-16-6-7-16)21-10-12-22(13-11-21)18(24)19-9-8-15-4-2-3-5-15/h4,14,16H,2-3,5-13H2,1H3,(H,19,24)(H,20,23). The third-order valence-corrected chi connectivity index (χ3v) is 5.31. The van der Waals surface area contributed by atoms with Gasteiger partial charge in [-0.1, -0.05) is 11.6 Å². The van der Waals surface area contributed by atoms with Gasteiger partial charge in [-0.05, 0) is 45.4 Å². The highest BCUT2D eigenvalue weighted by atomic mass is 16.2. The van der Waals surface area contributed by atoms with Gasteiger partial charge in [0.05, 0.1) is 6.04 Å². The Bertz CT molecular complexity index is 493. The molecule has 24 heavy (non-hydrogen) atoms. The van der Waals surface area contributed by atoms with E-state index in [1.54, 1.807) is 0 Å². The summed E-state index contributed by atoms with van der Waals surface area (Å²) >= 11 is 0. The van der Waals surface area contributed by atoms with Gasteiger partial charge in [0, 0.05) is 38.8 Å². The minimum Gasteiger partial charge on any atom is -0.352 e. The quantitative estimate of drug-likeness (QED) is 0.723. The molecule has 0 aromatic heterocycles. The summed E-state index contributed by atoms with van der Waals surface area (Å²) in [5.74, 6) is 0.125. The van der Waals surface area contributed by atoms with Crippen molar-refractivity contribution in [2.45, 2.75) is 57.5 Å². The summed E-state index contributed by atoms with van der Waals surface area (Å²) in [5, 5.41) is 6.09. The van der Waals surface area contributed by atoms with Crippen LogP contribution in [0.3, 0.4) is 0 Å². The number of nitrogens with one attached hydrogen (secondary N) is 2. The van der Waals surface area contributed by atoms with E-state index in [2.05, 4.69) is 21.6 Å². The summed E-state index contributed by atoms with van der Waals surface area (Å²) in [6.07, 6.45) is 9.15. The van der Waals surface area contributed by atoms with Crippen LogP contribution in [0.25, 0.3) is 0 Å². The predicted octanol–water partition coefficient (Wildman–Crippen LogP) is 1.48. The van der Waals surface area contributed by atoms with Gasteiger partial charge in [0.25, 0.3) is 0 Å². The van der Waals surface area contributed by atoms with E-state index in [4.69, 9.17) is 0 Å². The van der Waals surface area contributed by atoms with Crippen molar-refractivity contribution in [2.24, 2.45) is 0 Å². The van der Waals surface area contributed by atoms with Crippen LogP contribution in [0.5, 0.6) is 0 Å². The van der Waals surface area contributed by atoms with Crippen molar-refractivity contribution in [1.82, 2.24) is 20.4 Å². The van der Waals surface area contributed by atoms with Crippen molar-refractivity contribution in [3.63, 3.8) is 0 Å². The van der Waals surface area contributed by atoms with Crippen LogP contribution >= 0.6 is 0 Å². The molecule has 0 aromatic rings. The zero-order chi connectivity index (χ0) is 16.9. The lowest BCUT2D eigenvalue weighted by molar-refractivity contribution is -0.126. The van der Waals surface area contributed by atoms with Gasteiger partial charge in [-0.15, -0.1) is 0 Å². The first-order chi connectivity index (χ1) is 11.6. The van der Waals surface area contributed by atoms with Crippen LogP contribution in [-0.4, -0.2) is 66.5 Å². The number of carbonyl (C=O) groups is 2. The van der Waals surface area contributed by atoms with E-state index < -0.39 is 0 Å². The Morgan fingerprint density at radius 2 is 2.00 bits per heavy atom. The first kappa shape index (κ1) is 17.3. The summed E-state index contributed by atoms with van der Waals surface area (Å²) in [6, 6.07) is 0.329. The molecule has 1 heterocycles. The second kappa shape index (κ2) is 8.01. The Hall–Kier alpha value is -1.56. The highest BCUT2D eigenvalue weighted by molar-refractivity contribution is 5.82. The van der Waals surface area contributed by atoms with Gasteiger partial charge < -0.3 is 15.5 Å². The van der Waals surface area contributed by atoms with Gasteiger partial charge in [-0.25, -0.2) is 4.79 Å². The van der Waals surface area contributed by atoms with Crippen molar-refractivity contribution in [3.05, 3.63) is 11.6 Å². The van der Waals surface area contributed by atoms with E-state index in [0.29, 0.717) is 19.1 Å². The van der Waals surface area contributed by atoms with Crippen molar-refractivity contribution >= 4 is 11.9 Å². The average molecular weight is 334 g/mol. The number of hydrogen-bond donors (Lipinski definition) is 2. The molecule has 1 saturated heterocycles. The van der Waals surface area contributed by atoms with E-state index in [-0.39, 0.29) is 18.0 Å². The van der Waals surface area contributed by atoms with E-state index in [9.17, 15) is 9.59 Å². The Morgan fingerprint density at radius 3 is 2.62 bits per heavy atom. The molecule has 0 radical (unpaired) electrons. The van der Waals surface area contributed by atoms with Crippen LogP contribution in [0, 0.1) is 0 Å². The van der Waals surface area contributed by atoms with Gasteiger partial charge in [-0.2, -0.15) is 0 Å². The Morgan fingerprint density at radius 1 is 1.25 bits per heavy atom. The monoisotopic (exact) mass is 334 g/mol. The number of hydrogen-bond acceptors (Lipinski definition) is 3. The minimum atomic E-state index is -0.106. The van der Waals surface area contributed by atoms with E-state index in [1.807, 2.05) is 11.8 Å². The lowest BCUT2D eigenvalue weighted by Gasteiger charge is -2.37. The normalized spacial score (nSPS) is 22.9. The SMILES string of the molecule is CC(C(=O)NC1CC1)N1CCN(C(=O)NCCC2=CCCC2)CC1. The molecule has 0 bridgehead atoms. The second-order valence-corrected chi connectivity index (χ2v) is 7.22.